The third-order valence-electron chi connectivity index (χ3n) is 0.322. The van der Waals surface area contributed by atoms with E-state index in [0.717, 1.165) is 19.1 Å². The van der Waals surface area contributed by atoms with Gasteiger partial charge in [0.15, 0.2) is 0 Å². The molecule has 0 rings (SSSR count). The fourth-order valence-corrected chi connectivity index (χ4v) is 0.0833. The second-order valence-corrected chi connectivity index (χ2v) is 1.31. The molecule has 1 nitrogen and oxygen atoms in total. The molecule has 0 atom stereocenters. The van der Waals surface area contributed by atoms with Crippen LogP contribution < -0.4 is 0 Å². The molecule has 0 bridgehead atoms. The Bertz CT molecular complexity index is 37.9. The third kappa shape index (κ3) is 58.9. The maximum Gasteiger partial charge on any atom is 2.00 e. The molecule has 0 aromatic rings. The van der Waals surface area contributed by atoms with Crippen LogP contribution in [0.2, 0.25) is 0 Å². The molecule has 0 heterocycles. The zero-order valence-electron chi connectivity index (χ0n) is 6.23. The van der Waals surface area contributed by atoms with Crippen LogP contribution in [0, 0.1) is 13.8 Å². The normalized spacial score (nSPS) is 6.11. The predicted molar refractivity (Wildman–Crippen MR) is 42.1 cm³/mol. The smallest absolute Gasteiger partial charge is 0.344 e. The quantitative estimate of drug-likeness (QED) is 0.322. The minimum atomic E-state index is 0. The third-order valence-corrected chi connectivity index (χ3v) is 0.322. The van der Waals surface area contributed by atoms with Gasteiger partial charge >= 0.3 is 23.1 Å². The first kappa shape index (κ1) is 16.2. The molecule has 9 heavy (non-hydrogen) atoms. The number of rotatable bonds is 2. The van der Waals surface area contributed by atoms with E-state index < -0.39 is 0 Å². The van der Waals surface area contributed by atoms with Crippen LogP contribution in [0.25, 0.3) is 0 Å². The minimum Gasteiger partial charge on any atom is -0.344 e. The van der Waals surface area contributed by atoms with E-state index >= 15 is 0 Å². The van der Waals surface area contributed by atoms with Crippen LogP contribution in [-0.4, -0.2) is 29.3 Å². The van der Waals surface area contributed by atoms with Crippen molar-refractivity contribution in [2.75, 3.05) is 0 Å². The van der Waals surface area contributed by atoms with E-state index in [1.54, 1.807) is 0 Å². The molecule has 0 aliphatic carbocycles. The van der Waals surface area contributed by atoms with Gasteiger partial charge in [-0.05, 0) is 6.42 Å². The van der Waals surface area contributed by atoms with Crippen molar-refractivity contribution in [3.05, 3.63) is 13.8 Å². The molecule has 0 aromatic carbocycles. The topological polar surface area (TPSA) is 17.1 Å². The number of hydrogen-bond acceptors (Lipinski definition) is 1. The number of aldehydes is 1. The molecule has 0 amide bonds. The van der Waals surface area contributed by atoms with Crippen LogP contribution >= 0.6 is 0 Å². The van der Waals surface area contributed by atoms with E-state index in [1.165, 1.54) is 0 Å². The summed E-state index contributed by atoms with van der Waals surface area (Å²) in [4.78, 5) is 9.36. The fraction of sp³-hybridized carbons (Fsp3) is 0.571. The maximum absolute atomic E-state index is 9.36. The minimum absolute atomic E-state index is 0. The molecular weight excluding hydrogens is 124 g/mol. The second kappa shape index (κ2) is 23.7. The van der Waals surface area contributed by atoms with Crippen molar-refractivity contribution in [2.24, 2.45) is 0 Å². The predicted octanol–water partition coefficient (Wildman–Crippen LogP) is 1.65. The fourth-order valence-electron chi connectivity index (χ4n) is 0.0833. The van der Waals surface area contributed by atoms with E-state index in [2.05, 4.69) is 13.8 Å². The molecule has 0 aromatic heterocycles. The first-order chi connectivity index (χ1) is 3.83. The van der Waals surface area contributed by atoms with Crippen LogP contribution in [0.1, 0.15) is 26.2 Å². The van der Waals surface area contributed by atoms with E-state index in [4.69, 9.17) is 0 Å². The maximum atomic E-state index is 9.36. The molecule has 0 unspecified atom stereocenters. The molecule has 0 saturated heterocycles. The number of carbonyl (C=O) groups excluding carboxylic acids is 1. The van der Waals surface area contributed by atoms with Gasteiger partial charge in [0, 0.05) is 0 Å². The second-order valence-electron chi connectivity index (χ2n) is 1.31. The number of unbranched alkanes of at least 4 members (excludes halogenated alkanes) is 1. The van der Waals surface area contributed by atoms with Crippen LogP contribution in [0.5, 0.6) is 0 Å². The average molecular weight is 138 g/mol. The standard InChI is InChI=1S/C4H7O.C3H7.Mg/c1-2-3-4-5;1-3-2;/h4H,1-3H2;1,3H2,2H3;/q2*-1;+2. The van der Waals surface area contributed by atoms with Gasteiger partial charge in [0.05, 0.1) is 0 Å². The summed E-state index contributed by atoms with van der Waals surface area (Å²) in [7, 11) is 0. The molecule has 0 fully saturated rings. The van der Waals surface area contributed by atoms with E-state index in [1.807, 2.05) is 6.92 Å². The summed E-state index contributed by atoms with van der Waals surface area (Å²) in [6.07, 6.45) is 3.19. The molecule has 0 N–H and O–H groups in total. The van der Waals surface area contributed by atoms with E-state index in [0.29, 0.717) is 6.42 Å². The van der Waals surface area contributed by atoms with Crippen molar-refractivity contribution < 1.29 is 4.79 Å². The van der Waals surface area contributed by atoms with Crippen molar-refractivity contribution in [1.29, 1.82) is 0 Å². The molecule has 0 radical (unpaired) electrons. The molecule has 0 aliphatic rings. The van der Waals surface area contributed by atoms with Crippen LogP contribution in [0.15, 0.2) is 0 Å². The summed E-state index contributed by atoms with van der Waals surface area (Å²) >= 11 is 0. The van der Waals surface area contributed by atoms with Gasteiger partial charge in [-0.15, -0.1) is 0 Å². The van der Waals surface area contributed by atoms with Crippen LogP contribution in [-0.2, 0) is 4.79 Å². The Balaban J connectivity index is -0.0000000800. The average Bonchev–Trinajstić information content (AvgIpc) is 1.71. The largest absolute Gasteiger partial charge is 2.00 e. The summed E-state index contributed by atoms with van der Waals surface area (Å²) in [5.41, 5.74) is 0. The Kier molecular flexibility index (Phi) is 42.7. The monoisotopic (exact) mass is 138 g/mol. The van der Waals surface area contributed by atoms with Crippen LogP contribution in [0.4, 0.5) is 0 Å². The molecule has 0 aliphatic heterocycles. The zero-order valence-corrected chi connectivity index (χ0v) is 7.64. The van der Waals surface area contributed by atoms with Crippen molar-refractivity contribution in [3.63, 3.8) is 0 Å². The zero-order chi connectivity index (χ0) is 6.83. The van der Waals surface area contributed by atoms with Gasteiger partial charge in [0.2, 0.25) is 0 Å². The summed E-state index contributed by atoms with van der Waals surface area (Å²) in [5.74, 6) is 0. The van der Waals surface area contributed by atoms with Gasteiger partial charge < -0.3 is 18.6 Å². The van der Waals surface area contributed by atoms with Crippen molar-refractivity contribution in [1.82, 2.24) is 0 Å². The molecule has 0 saturated carbocycles. The number of hydrogen-bond donors (Lipinski definition) is 0. The summed E-state index contributed by atoms with van der Waals surface area (Å²) in [6.45, 7) is 8.94. The molecular formula is C7H14MgO. The van der Waals surface area contributed by atoms with Crippen molar-refractivity contribution >= 4 is 29.3 Å². The number of carbonyl (C=O) groups is 1. The Morgan fingerprint density at radius 3 is 1.78 bits per heavy atom. The van der Waals surface area contributed by atoms with Gasteiger partial charge in [0.1, 0.15) is 6.29 Å². The first-order valence-corrected chi connectivity index (χ1v) is 2.85. The molecule has 2 heteroatoms. The summed E-state index contributed by atoms with van der Waals surface area (Å²) in [6, 6.07) is 0. The van der Waals surface area contributed by atoms with Gasteiger partial charge in [-0.2, -0.15) is 12.8 Å². The molecule has 50 valence electrons. The Labute approximate surface area is 74.4 Å². The molecule has 0 spiro atoms. The Morgan fingerprint density at radius 2 is 1.78 bits per heavy atom. The van der Waals surface area contributed by atoms with Gasteiger partial charge in [-0.3, -0.25) is 0 Å². The summed E-state index contributed by atoms with van der Waals surface area (Å²) < 4.78 is 0. The van der Waals surface area contributed by atoms with Crippen molar-refractivity contribution in [3.8, 4) is 0 Å². The Morgan fingerprint density at radius 1 is 1.44 bits per heavy atom. The van der Waals surface area contributed by atoms with Gasteiger partial charge in [-0.25, -0.2) is 0 Å². The Hall–Kier alpha value is 0.436. The van der Waals surface area contributed by atoms with Gasteiger partial charge in [-0.1, -0.05) is 6.92 Å². The van der Waals surface area contributed by atoms with E-state index in [-0.39, 0.29) is 23.1 Å². The van der Waals surface area contributed by atoms with Gasteiger partial charge in [0.25, 0.3) is 0 Å². The SMILES string of the molecule is [CH2-]CC.[CH2-]CCC=O.[Mg+2]. The van der Waals surface area contributed by atoms with Crippen molar-refractivity contribution in [2.45, 2.75) is 26.2 Å². The first-order valence-electron chi connectivity index (χ1n) is 2.85. The van der Waals surface area contributed by atoms with Crippen LogP contribution in [0.3, 0.4) is 0 Å². The van der Waals surface area contributed by atoms with E-state index in [9.17, 15) is 4.79 Å². The summed E-state index contributed by atoms with van der Waals surface area (Å²) in [5, 5.41) is 0.